The number of imidazole rings is 1. The maximum atomic E-state index is 11.5. The van der Waals surface area contributed by atoms with Crippen LogP contribution in [0, 0.1) is 0 Å². The molecule has 2 amide bonds. The Labute approximate surface area is 105 Å². The molecule has 4 N–H and O–H groups in total. The Balaban J connectivity index is 2.35. The van der Waals surface area contributed by atoms with Crippen LogP contribution in [0.1, 0.15) is 26.1 Å². The van der Waals surface area contributed by atoms with E-state index in [1.165, 1.54) is 6.92 Å². The Hall–Kier alpha value is -2.05. The molecule has 0 aliphatic rings. The summed E-state index contributed by atoms with van der Waals surface area (Å²) < 4.78 is 0. The van der Waals surface area contributed by atoms with Crippen LogP contribution < -0.4 is 10.6 Å². The second kappa shape index (κ2) is 6.04. The van der Waals surface area contributed by atoms with Crippen molar-refractivity contribution in [2.75, 3.05) is 6.54 Å². The predicted molar refractivity (Wildman–Crippen MR) is 65.2 cm³/mol. The number of hydrogen-bond donors (Lipinski definition) is 4. The number of carbonyl (C=O) groups excluding carboxylic acids is 1. The van der Waals surface area contributed by atoms with Gasteiger partial charge in [0.2, 0.25) is 0 Å². The molecule has 0 saturated carbocycles. The molecule has 1 aromatic rings. The van der Waals surface area contributed by atoms with E-state index in [4.69, 9.17) is 5.11 Å². The van der Waals surface area contributed by atoms with Crippen LogP contribution in [-0.2, 0) is 11.2 Å². The van der Waals surface area contributed by atoms with Crippen LogP contribution in [0.25, 0.3) is 0 Å². The van der Waals surface area contributed by atoms with Gasteiger partial charge in [0.15, 0.2) is 0 Å². The zero-order chi connectivity index (χ0) is 13.6. The van der Waals surface area contributed by atoms with Crippen molar-refractivity contribution in [1.29, 1.82) is 0 Å². The predicted octanol–water partition coefficient (Wildman–Crippen LogP) is 0.505. The van der Waals surface area contributed by atoms with Crippen molar-refractivity contribution < 1.29 is 14.7 Å². The third-order valence-corrected chi connectivity index (χ3v) is 2.77. The van der Waals surface area contributed by atoms with E-state index in [0.29, 0.717) is 19.4 Å². The van der Waals surface area contributed by atoms with E-state index in [1.54, 1.807) is 19.3 Å². The van der Waals surface area contributed by atoms with E-state index >= 15 is 0 Å². The van der Waals surface area contributed by atoms with Crippen molar-refractivity contribution in [1.82, 2.24) is 20.6 Å². The van der Waals surface area contributed by atoms with Crippen LogP contribution in [0.4, 0.5) is 4.79 Å². The molecule has 0 aromatic carbocycles. The number of carbonyl (C=O) groups is 2. The number of hydrogen-bond acceptors (Lipinski definition) is 3. The molecule has 100 valence electrons. The van der Waals surface area contributed by atoms with Crippen LogP contribution in [-0.4, -0.2) is 39.2 Å². The van der Waals surface area contributed by atoms with Crippen molar-refractivity contribution in [2.45, 2.75) is 32.2 Å². The Kier molecular flexibility index (Phi) is 4.70. The zero-order valence-corrected chi connectivity index (χ0v) is 10.5. The minimum Gasteiger partial charge on any atom is -0.480 e. The lowest BCUT2D eigenvalue weighted by Crippen LogP contribution is -2.55. The Bertz CT molecular complexity index is 404. The molecule has 1 heterocycles. The van der Waals surface area contributed by atoms with Gasteiger partial charge in [0, 0.05) is 25.4 Å². The number of amides is 2. The smallest absolute Gasteiger partial charge is 0.329 e. The average molecular weight is 254 g/mol. The van der Waals surface area contributed by atoms with E-state index < -0.39 is 17.5 Å². The van der Waals surface area contributed by atoms with Crippen LogP contribution in [0.2, 0.25) is 0 Å². The summed E-state index contributed by atoms with van der Waals surface area (Å²) in [4.78, 5) is 29.4. The van der Waals surface area contributed by atoms with Gasteiger partial charge in [-0.05, 0) is 13.3 Å². The van der Waals surface area contributed by atoms with Crippen molar-refractivity contribution in [3.63, 3.8) is 0 Å². The van der Waals surface area contributed by atoms with Gasteiger partial charge in [-0.3, -0.25) is 0 Å². The highest BCUT2D eigenvalue weighted by atomic mass is 16.4. The topological polar surface area (TPSA) is 107 Å². The lowest BCUT2D eigenvalue weighted by molar-refractivity contribution is -0.143. The van der Waals surface area contributed by atoms with Crippen molar-refractivity contribution in [3.05, 3.63) is 18.2 Å². The summed E-state index contributed by atoms with van der Waals surface area (Å²) in [7, 11) is 0. The highest BCUT2D eigenvalue weighted by molar-refractivity contribution is 5.85. The third kappa shape index (κ3) is 3.76. The van der Waals surface area contributed by atoms with Crippen molar-refractivity contribution in [2.24, 2.45) is 0 Å². The molecule has 0 saturated heterocycles. The quantitative estimate of drug-likeness (QED) is 0.593. The SMILES string of the molecule is CCC(C)(NC(=O)NCCc1ncc[nH]1)C(=O)O. The highest BCUT2D eigenvalue weighted by Gasteiger charge is 2.32. The molecule has 0 radical (unpaired) electrons. The molecule has 7 heteroatoms. The fourth-order valence-corrected chi connectivity index (χ4v) is 1.32. The zero-order valence-electron chi connectivity index (χ0n) is 10.5. The molecule has 0 fully saturated rings. The van der Waals surface area contributed by atoms with E-state index in [-0.39, 0.29) is 0 Å². The molecule has 0 bridgehead atoms. The summed E-state index contributed by atoms with van der Waals surface area (Å²) in [6.45, 7) is 3.57. The maximum absolute atomic E-state index is 11.5. The molecular weight excluding hydrogens is 236 g/mol. The molecule has 1 atom stereocenters. The van der Waals surface area contributed by atoms with Gasteiger partial charge in [-0.15, -0.1) is 0 Å². The van der Waals surface area contributed by atoms with Gasteiger partial charge in [0.05, 0.1) is 0 Å². The number of carboxylic acid groups (broad SMARTS) is 1. The fourth-order valence-electron chi connectivity index (χ4n) is 1.32. The van der Waals surface area contributed by atoms with Crippen molar-refractivity contribution in [3.8, 4) is 0 Å². The van der Waals surface area contributed by atoms with E-state index in [9.17, 15) is 9.59 Å². The molecule has 0 aliphatic carbocycles. The van der Waals surface area contributed by atoms with Crippen molar-refractivity contribution >= 4 is 12.0 Å². The Morgan fingerprint density at radius 3 is 2.78 bits per heavy atom. The summed E-state index contributed by atoms with van der Waals surface area (Å²) in [5, 5.41) is 14.0. The number of aliphatic carboxylic acids is 1. The molecule has 1 unspecified atom stereocenters. The first-order valence-corrected chi connectivity index (χ1v) is 5.75. The standard InChI is InChI=1S/C11H18N4O3/c1-3-11(2,9(16)17)15-10(18)14-5-4-8-12-6-7-13-8/h6-7H,3-5H2,1-2H3,(H,12,13)(H,16,17)(H2,14,15,18). The van der Waals surface area contributed by atoms with Gasteiger partial charge < -0.3 is 20.7 Å². The van der Waals surface area contributed by atoms with Gasteiger partial charge in [-0.2, -0.15) is 0 Å². The number of rotatable bonds is 6. The second-order valence-corrected chi connectivity index (χ2v) is 4.16. The second-order valence-electron chi connectivity index (χ2n) is 4.16. The van der Waals surface area contributed by atoms with Gasteiger partial charge in [-0.1, -0.05) is 6.92 Å². The van der Waals surface area contributed by atoms with Gasteiger partial charge >= 0.3 is 12.0 Å². The highest BCUT2D eigenvalue weighted by Crippen LogP contribution is 2.08. The van der Waals surface area contributed by atoms with Crippen LogP contribution in [0.15, 0.2) is 12.4 Å². The van der Waals surface area contributed by atoms with Crippen LogP contribution >= 0.6 is 0 Å². The number of nitrogens with zero attached hydrogens (tertiary/aromatic N) is 1. The molecule has 0 aliphatic heterocycles. The average Bonchev–Trinajstić information content (AvgIpc) is 2.81. The number of nitrogens with one attached hydrogen (secondary N) is 3. The first-order valence-electron chi connectivity index (χ1n) is 5.75. The van der Waals surface area contributed by atoms with E-state index in [0.717, 1.165) is 5.82 Å². The summed E-state index contributed by atoms with van der Waals surface area (Å²) in [5.41, 5.74) is -1.24. The van der Waals surface area contributed by atoms with Gasteiger partial charge in [0.1, 0.15) is 11.4 Å². The largest absolute Gasteiger partial charge is 0.480 e. The van der Waals surface area contributed by atoms with Gasteiger partial charge in [-0.25, -0.2) is 14.6 Å². The summed E-state index contributed by atoms with van der Waals surface area (Å²) >= 11 is 0. The fraction of sp³-hybridized carbons (Fsp3) is 0.545. The Morgan fingerprint density at radius 2 is 2.28 bits per heavy atom. The van der Waals surface area contributed by atoms with Gasteiger partial charge in [0.25, 0.3) is 0 Å². The summed E-state index contributed by atoms with van der Waals surface area (Å²) in [5.74, 6) is -0.280. The molecule has 0 spiro atoms. The lowest BCUT2D eigenvalue weighted by Gasteiger charge is -2.24. The molecule has 7 nitrogen and oxygen atoms in total. The number of H-pyrrole nitrogens is 1. The third-order valence-electron chi connectivity index (χ3n) is 2.77. The van der Waals surface area contributed by atoms with E-state index in [1.807, 2.05) is 0 Å². The minimum atomic E-state index is -1.24. The molecule has 18 heavy (non-hydrogen) atoms. The number of aromatic nitrogens is 2. The monoisotopic (exact) mass is 254 g/mol. The number of aromatic amines is 1. The molecule has 1 rings (SSSR count). The first-order chi connectivity index (χ1) is 8.48. The molecule has 1 aromatic heterocycles. The minimum absolute atomic E-state index is 0.313. The summed E-state index contributed by atoms with van der Waals surface area (Å²) in [6.07, 6.45) is 4.21. The van der Waals surface area contributed by atoms with Crippen LogP contribution in [0.5, 0.6) is 0 Å². The number of carboxylic acids is 1. The summed E-state index contributed by atoms with van der Waals surface area (Å²) in [6, 6.07) is -0.492. The number of urea groups is 1. The maximum Gasteiger partial charge on any atom is 0.329 e. The van der Waals surface area contributed by atoms with E-state index in [2.05, 4.69) is 20.6 Å². The van der Waals surface area contributed by atoms with Crippen LogP contribution in [0.3, 0.4) is 0 Å². The Morgan fingerprint density at radius 1 is 1.56 bits per heavy atom. The lowest BCUT2D eigenvalue weighted by atomic mass is 10.00. The molecular formula is C11H18N4O3. The normalized spacial score (nSPS) is 13.7. The first kappa shape index (κ1) is 14.0.